The Morgan fingerprint density at radius 1 is 1.50 bits per heavy atom. The number of nitriles is 1. The molecule has 0 aliphatic carbocycles. The summed E-state index contributed by atoms with van der Waals surface area (Å²) in [4.78, 5) is 16.4. The highest BCUT2D eigenvalue weighted by molar-refractivity contribution is 7.11. The number of carbonyl (C=O) groups excluding carboxylic acids is 1. The van der Waals surface area contributed by atoms with Crippen LogP contribution in [0.5, 0.6) is 5.75 Å². The van der Waals surface area contributed by atoms with Crippen molar-refractivity contribution in [3.05, 3.63) is 45.4 Å². The van der Waals surface area contributed by atoms with Crippen LogP contribution in [0.4, 0.5) is 0 Å². The standard InChI is InChI=1S/C17H16N2O2S/c1-4-14-10-22-17(19-14)15(11(2)20)8-13-6-5-12(9-18)7-16(13)21-3/h5-8,10H,4H2,1-3H3/b15-8+. The number of ether oxygens (including phenoxy) is 1. The molecule has 0 saturated carbocycles. The SMILES string of the molecule is CCc1csc(/C(=C/c2ccc(C#N)cc2OC)C(C)=O)n1. The van der Waals surface area contributed by atoms with Gasteiger partial charge in [0, 0.05) is 10.9 Å². The fourth-order valence-corrected chi connectivity index (χ4v) is 2.93. The molecule has 2 aromatic rings. The van der Waals surface area contributed by atoms with Gasteiger partial charge >= 0.3 is 0 Å². The average Bonchev–Trinajstić information content (AvgIpc) is 3.00. The summed E-state index contributed by atoms with van der Waals surface area (Å²) in [5.41, 5.74) is 2.78. The van der Waals surface area contributed by atoms with E-state index in [1.54, 1.807) is 31.4 Å². The second-order valence-corrected chi connectivity index (χ2v) is 5.54. The number of thiazole rings is 1. The van der Waals surface area contributed by atoms with Crippen molar-refractivity contribution in [2.24, 2.45) is 0 Å². The topological polar surface area (TPSA) is 63.0 Å². The number of benzene rings is 1. The number of nitrogens with zero attached hydrogens (tertiary/aromatic N) is 2. The van der Waals surface area contributed by atoms with Crippen LogP contribution in [0.15, 0.2) is 23.6 Å². The highest BCUT2D eigenvalue weighted by atomic mass is 32.1. The van der Waals surface area contributed by atoms with Crippen molar-refractivity contribution in [3.63, 3.8) is 0 Å². The van der Waals surface area contributed by atoms with E-state index in [2.05, 4.69) is 11.1 Å². The first kappa shape index (κ1) is 15.9. The third-order valence-corrected chi connectivity index (χ3v) is 4.11. The van der Waals surface area contributed by atoms with Gasteiger partial charge in [-0.2, -0.15) is 5.26 Å². The van der Waals surface area contributed by atoms with Gasteiger partial charge in [0.25, 0.3) is 0 Å². The maximum absolute atomic E-state index is 12.0. The quantitative estimate of drug-likeness (QED) is 0.789. The number of ketones is 1. The van der Waals surface area contributed by atoms with E-state index in [1.165, 1.54) is 18.3 Å². The summed E-state index contributed by atoms with van der Waals surface area (Å²) in [6.45, 7) is 3.55. The molecule has 0 spiro atoms. The predicted octanol–water partition coefficient (Wildman–Crippen LogP) is 3.72. The van der Waals surface area contributed by atoms with E-state index in [4.69, 9.17) is 10.00 Å². The molecular weight excluding hydrogens is 296 g/mol. The molecule has 0 radical (unpaired) electrons. The Kier molecular flexibility index (Phi) is 5.08. The summed E-state index contributed by atoms with van der Waals surface area (Å²) in [6.07, 6.45) is 2.60. The molecule has 0 fully saturated rings. The third-order valence-electron chi connectivity index (χ3n) is 3.19. The number of rotatable bonds is 5. The molecule has 1 aromatic carbocycles. The van der Waals surface area contributed by atoms with Crippen molar-refractivity contribution in [1.29, 1.82) is 5.26 Å². The van der Waals surface area contributed by atoms with Crippen molar-refractivity contribution in [1.82, 2.24) is 4.98 Å². The van der Waals surface area contributed by atoms with Crippen LogP contribution in [0.2, 0.25) is 0 Å². The molecule has 4 nitrogen and oxygen atoms in total. The van der Waals surface area contributed by atoms with Crippen molar-refractivity contribution >= 4 is 28.8 Å². The summed E-state index contributed by atoms with van der Waals surface area (Å²) >= 11 is 1.46. The molecule has 2 rings (SSSR count). The first-order valence-electron chi connectivity index (χ1n) is 6.84. The van der Waals surface area contributed by atoms with E-state index in [9.17, 15) is 4.79 Å². The molecule has 0 N–H and O–H groups in total. The highest BCUT2D eigenvalue weighted by Crippen LogP contribution is 2.28. The van der Waals surface area contributed by atoms with E-state index in [-0.39, 0.29) is 5.78 Å². The molecule has 0 unspecified atom stereocenters. The summed E-state index contributed by atoms with van der Waals surface area (Å²) in [6, 6.07) is 7.20. The van der Waals surface area contributed by atoms with Crippen LogP contribution >= 0.6 is 11.3 Å². The lowest BCUT2D eigenvalue weighted by Crippen LogP contribution is -1.97. The fraction of sp³-hybridized carbons (Fsp3) is 0.235. The first-order valence-corrected chi connectivity index (χ1v) is 7.72. The summed E-state index contributed by atoms with van der Waals surface area (Å²) < 4.78 is 5.31. The van der Waals surface area contributed by atoms with Gasteiger partial charge in [-0.25, -0.2) is 4.98 Å². The number of allylic oxidation sites excluding steroid dienone is 1. The molecule has 0 aliphatic rings. The van der Waals surface area contributed by atoms with E-state index in [1.807, 2.05) is 12.3 Å². The smallest absolute Gasteiger partial charge is 0.162 e. The minimum absolute atomic E-state index is 0.0524. The fourth-order valence-electron chi connectivity index (χ4n) is 1.96. The second-order valence-electron chi connectivity index (χ2n) is 4.68. The Bertz CT molecular complexity index is 769. The Balaban J connectivity index is 2.51. The zero-order valence-electron chi connectivity index (χ0n) is 12.7. The maximum Gasteiger partial charge on any atom is 0.162 e. The van der Waals surface area contributed by atoms with Gasteiger partial charge in [-0.1, -0.05) is 6.92 Å². The number of aryl methyl sites for hydroxylation is 1. The summed E-state index contributed by atoms with van der Waals surface area (Å²) in [5.74, 6) is 0.508. The second kappa shape index (κ2) is 7.01. The molecule has 22 heavy (non-hydrogen) atoms. The van der Waals surface area contributed by atoms with Crippen molar-refractivity contribution in [2.75, 3.05) is 7.11 Å². The van der Waals surface area contributed by atoms with E-state index >= 15 is 0 Å². The minimum atomic E-state index is -0.0524. The van der Waals surface area contributed by atoms with Gasteiger partial charge in [-0.05, 0) is 37.6 Å². The Morgan fingerprint density at radius 3 is 2.82 bits per heavy atom. The Hall–Kier alpha value is -2.45. The van der Waals surface area contributed by atoms with Gasteiger partial charge in [0.05, 0.1) is 30.0 Å². The normalized spacial score (nSPS) is 11.1. The zero-order valence-corrected chi connectivity index (χ0v) is 13.5. The number of aromatic nitrogens is 1. The lowest BCUT2D eigenvalue weighted by molar-refractivity contribution is -0.111. The van der Waals surface area contributed by atoms with Crippen LogP contribution in [0.3, 0.4) is 0 Å². The van der Waals surface area contributed by atoms with Gasteiger partial charge in [0.15, 0.2) is 5.78 Å². The largest absolute Gasteiger partial charge is 0.496 e. The summed E-state index contributed by atoms with van der Waals surface area (Å²) in [7, 11) is 1.54. The lowest BCUT2D eigenvalue weighted by atomic mass is 10.1. The lowest BCUT2D eigenvalue weighted by Gasteiger charge is -2.06. The number of carbonyl (C=O) groups is 1. The molecule has 5 heteroatoms. The zero-order chi connectivity index (χ0) is 16.1. The molecule has 1 heterocycles. The van der Waals surface area contributed by atoms with Crippen molar-refractivity contribution < 1.29 is 9.53 Å². The monoisotopic (exact) mass is 312 g/mol. The van der Waals surface area contributed by atoms with Crippen LogP contribution in [-0.4, -0.2) is 17.9 Å². The molecule has 112 valence electrons. The molecular formula is C17H16N2O2S. The molecule has 1 aromatic heterocycles. The van der Waals surface area contributed by atoms with Gasteiger partial charge in [-0.15, -0.1) is 11.3 Å². The van der Waals surface area contributed by atoms with Gasteiger partial charge in [0.2, 0.25) is 0 Å². The van der Waals surface area contributed by atoms with Crippen molar-refractivity contribution in [3.8, 4) is 11.8 Å². The maximum atomic E-state index is 12.0. The van der Waals surface area contributed by atoms with Gasteiger partial charge in [0.1, 0.15) is 10.8 Å². The van der Waals surface area contributed by atoms with Crippen LogP contribution in [-0.2, 0) is 11.2 Å². The highest BCUT2D eigenvalue weighted by Gasteiger charge is 2.13. The van der Waals surface area contributed by atoms with Crippen LogP contribution in [0.25, 0.3) is 11.6 Å². The molecule has 0 saturated heterocycles. The first-order chi connectivity index (χ1) is 10.6. The van der Waals surface area contributed by atoms with Gasteiger partial charge < -0.3 is 4.74 Å². The predicted molar refractivity (Wildman–Crippen MR) is 87.8 cm³/mol. The number of hydrogen-bond acceptors (Lipinski definition) is 5. The number of Topliss-reactive ketones (excluding diaryl/α,β-unsaturated/α-hetero) is 1. The third kappa shape index (κ3) is 3.41. The molecule has 0 atom stereocenters. The minimum Gasteiger partial charge on any atom is -0.496 e. The molecule has 0 aliphatic heterocycles. The van der Waals surface area contributed by atoms with Gasteiger partial charge in [-0.3, -0.25) is 4.79 Å². The van der Waals surface area contributed by atoms with Crippen LogP contribution in [0.1, 0.15) is 35.7 Å². The Labute approximate surface area is 133 Å². The number of hydrogen-bond donors (Lipinski definition) is 0. The molecule has 0 amide bonds. The number of methoxy groups -OCH3 is 1. The van der Waals surface area contributed by atoms with Crippen LogP contribution < -0.4 is 4.74 Å². The van der Waals surface area contributed by atoms with E-state index in [0.29, 0.717) is 21.9 Å². The average molecular weight is 312 g/mol. The van der Waals surface area contributed by atoms with E-state index < -0.39 is 0 Å². The molecule has 0 bridgehead atoms. The van der Waals surface area contributed by atoms with Crippen LogP contribution in [0, 0.1) is 11.3 Å². The van der Waals surface area contributed by atoms with Crippen molar-refractivity contribution in [2.45, 2.75) is 20.3 Å². The van der Waals surface area contributed by atoms with E-state index in [0.717, 1.165) is 17.7 Å². The Morgan fingerprint density at radius 2 is 2.27 bits per heavy atom. The summed E-state index contributed by atoms with van der Waals surface area (Å²) in [5, 5.41) is 11.6.